The number of esters is 1. The highest BCUT2D eigenvalue weighted by Gasteiger charge is 2.42. The molecule has 0 fully saturated rings. The Hall–Kier alpha value is -2.99. The minimum atomic E-state index is -0.525. The average molecular weight is 478 g/mol. The maximum absolute atomic E-state index is 13.7. The Kier molecular flexibility index (Phi) is 7.78. The summed E-state index contributed by atoms with van der Waals surface area (Å²) in [5, 5.41) is 3.41. The van der Waals surface area contributed by atoms with Crippen LogP contribution in [-0.4, -0.2) is 37.0 Å². The molecule has 2 aromatic carbocycles. The minimum Gasteiger partial charge on any atom is -0.496 e. The monoisotopic (exact) mass is 477 g/mol. The fourth-order valence-corrected chi connectivity index (χ4v) is 5.39. The predicted octanol–water partition coefficient (Wildman–Crippen LogP) is 5.35. The molecule has 6 heteroatoms. The highest BCUT2D eigenvalue weighted by molar-refractivity contribution is 7.99. The number of ketones is 1. The topological polar surface area (TPSA) is 64.6 Å². The Balaban J connectivity index is 1.75. The van der Waals surface area contributed by atoms with E-state index in [0.29, 0.717) is 36.3 Å². The van der Waals surface area contributed by atoms with Crippen LogP contribution in [0.5, 0.6) is 5.75 Å². The summed E-state index contributed by atoms with van der Waals surface area (Å²) >= 11 is 1.73. The molecule has 0 radical (unpaired) electrons. The van der Waals surface area contributed by atoms with E-state index in [4.69, 9.17) is 9.47 Å². The van der Waals surface area contributed by atoms with Crippen molar-refractivity contribution >= 4 is 23.5 Å². The molecule has 0 bridgehead atoms. The molecule has 0 saturated heterocycles. The van der Waals surface area contributed by atoms with E-state index in [1.807, 2.05) is 49.4 Å². The number of dihydropyridines is 1. The van der Waals surface area contributed by atoms with Gasteiger partial charge in [-0.15, -0.1) is 0 Å². The molecular weight excluding hydrogens is 446 g/mol. The molecule has 0 amide bonds. The van der Waals surface area contributed by atoms with Crippen LogP contribution in [0.15, 0.2) is 77.1 Å². The van der Waals surface area contributed by atoms with Crippen molar-refractivity contribution in [3.8, 4) is 5.75 Å². The number of thioether (sulfide) groups is 1. The first-order valence-electron chi connectivity index (χ1n) is 11.7. The van der Waals surface area contributed by atoms with Gasteiger partial charge >= 0.3 is 5.97 Å². The Morgan fingerprint density at radius 3 is 2.56 bits per heavy atom. The maximum Gasteiger partial charge on any atom is 0.336 e. The van der Waals surface area contributed by atoms with E-state index in [9.17, 15) is 9.59 Å². The largest absolute Gasteiger partial charge is 0.496 e. The first kappa shape index (κ1) is 24.1. The number of benzene rings is 2. The van der Waals surface area contributed by atoms with Gasteiger partial charge in [-0.05, 0) is 36.6 Å². The van der Waals surface area contributed by atoms with Crippen LogP contribution in [0, 0.1) is 0 Å². The van der Waals surface area contributed by atoms with Crippen molar-refractivity contribution in [3.05, 3.63) is 88.3 Å². The molecule has 0 saturated carbocycles. The van der Waals surface area contributed by atoms with Crippen LogP contribution in [0.25, 0.3) is 0 Å². The van der Waals surface area contributed by atoms with Gasteiger partial charge in [0.25, 0.3) is 0 Å². The summed E-state index contributed by atoms with van der Waals surface area (Å²) in [6, 6.07) is 17.8. The van der Waals surface area contributed by atoms with Crippen LogP contribution in [0.3, 0.4) is 0 Å². The third kappa shape index (κ3) is 4.92. The molecule has 2 atom stereocenters. The number of carbonyl (C=O) groups excluding carboxylic acids is 2. The molecule has 1 heterocycles. The SMILES string of the molecule is CCSCCOC(=O)C1=C(C)NC2=C(C(=O)C[C@H](c3ccccc3)C2)[C@H]1c1ccccc1OC. The van der Waals surface area contributed by atoms with Gasteiger partial charge < -0.3 is 14.8 Å². The van der Waals surface area contributed by atoms with E-state index in [-0.39, 0.29) is 17.7 Å². The summed E-state index contributed by atoms with van der Waals surface area (Å²) < 4.78 is 11.3. The van der Waals surface area contributed by atoms with Crippen molar-refractivity contribution in [2.75, 3.05) is 25.2 Å². The molecular formula is C28H31NO4S. The van der Waals surface area contributed by atoms with Crippen molar-refractivity contribution < 1.29 is 19.1 Å². The second kappa shape index (κ2) is 11.0. The summed E-state index contributed by atoms with van der Waals surface area (Å²) in [7, 11) is 1.61. The highest BCUT2D eigenvalue weighted by atomic mass is 32.2. The normalized spacial score (nSPS) is 20.0. The van der Waals surface area contributed by atoms with Crippen LogP contribution in [0.4, 0.5) is 0 Å². The summed E-state index contributed by atoms with van der Waals surface area (Å²) in [6.07, 6.45) is 1.12. The number of carbonyl (C=O) groups is 2. The zero-order chi connectivity index (χ0) is 24.1. The standard InChI is InChI=1S/C28H31NO4S/c1-4-34-15-14-33-28(31)25-18(2)29-22-16-20(19-10-6-5-7-11-19)17-23(30)27(22)26(25)21-12-8-9-13-24(21)32-3/h5-13,20,26,29H,4,14-17H2,1-3H3/t20-,26+/m1/s1. The lowest BCUT2D eigenvalue weighted by atomic mass is 9.71. The fraction of sp³-hybridized carbons (Fsp3) is 0.357. The Bertz CT molecular complexity index is 1120. The number of hydrogen-bond donors (Lipinski definition) is 1. The van der Waals surface area contributed by atoms with Crippen LogP contribution >= 0.6 is 11.8 Å². The van der Waals surface area contributed by atoms with Crippen molar-refractivity contribution in [1.29, 1.82) is 0 Å². The van der Waals surface area contributed by atoms with Crippen LogP contribution in [0.1, 0.15) is 49.7 Å². The minimum absolute atomic E-state index is 0.0536. The zero-order valence-corrected chi connectivity index (χ0v) is 20.7. The summed E-state index contributed by atoms with van der Waals surface area (Å²) in [4.78, 5) is 27.0. The van der Waals surface area contributed by atoms with Gasteiger partial charge in [-0.3, -0.25) is 4.79 Å². The van der Waals surface area contributed by atoms with Gasteiger partial charge in [-0.25, -0.2) is 4.79 Å². The number of hydrogen-bond acceptors (Lipinski definition) is 6. The third-order valence-corrected chi connectivity index (χ3v) is 7.30. The Morgan fingerprint density at radius 1 is 1.09 bits per heavy atom. The second-order valence-electron chi connectivity index (χ2n) is 8.50. The van der Waals surface area contributed by atoms with E-state index < -0.39 is 5.92 Å². The van der Waals surface area contributed by atoms with Crippen LogP contribution in [0.2, 0.25) is 0 Å². The Morgan fingerprint density at radius 2 is 1.82 bits per heavy atom. The molecule has 0 spiro atoms. The first-order valence-corrected chi connectivity index (χ1v) is 12.9. The van der Waals surface area contributed by atoms with E-state index >= 15 is 0 Å². The number of methoxy groups -OCH3 is 1. The van der Waals surface area contributed by atoms with Crippen molar-refractivity contribution in [2.24, 2.45) is 0 Å². The second-order valence-corrected chi connectivity index (χ2v) is 9.90. The summed E-state index contributed by atoms with van der Waals surface area (Å²) in [5.74, 6) is 1.61. The lowest BCUT2D eigenvalue weighted by molar-refractivity contribution is -0.138. The lowest BCUT2D eigenvalue weighted by Gasteiger charge is -2.37. The molecule has 0 unspecified atom stereocenters. The predicted molar refractivity (Wildman–Crippen MR) is 136 cm³/mol. The van der Waals surface area contributed by atoms with E-state index in [1.165, 1.54) is 0 Å². The van der Waals surface area contributed by atoms with Crippen LogP contribution < -0.4 is 10.1 Å². The van der Waals surface area contributed by atoms with Crippen molar-refractivity contribution in [3.63, 3.8) is 0 Å². The summed E-state index contributed by atoms with van der Waals surface area (Å²) in [5.41, 5.74) is 4.70. The smallest absolute Gasteiger partial charge is 0.336 e. The third-order valence-electron chi connectivity index (χ3n) is 6.43. The quantitative estimate of drug-likeness (QED) is 0.408. The lowest BCUT2D eigenvalue weighted by Crippen LogP contribution is -2.36. The number of nitrogens with one attached hydrogen (secondary N) is 1. The highest BCUT2D eigenvalue weighted by Crippen LogP contribution is 2.47. The molecule has 1 N–H and O–H groups in total. The maximum atomic E-state index is 13.7. The first-order chi connectivity index (χ1) is 16.5. The molecule has 4 rings (SSSR count). The molecule has 5 nitrogen and oxygen atoms in total. The van der Waals surface area contributed by atoms with Gasteiger partial charge in [-0.1, -0.05) is 55.5 Å². The number of rotatable bonds is 8. The van der Waals surface area contributed by atoms with E-state index in [2.05, 4.69) is 24.4 Å². The molecule has 2 aliphatic rings. The van der Waals surface area contributed by atoms with Gasteiger partial charge in [0, 0.05) is 34.7 Å². The molecule has 2 aromatic rings. The van der Waals surface area contributed by atoms with Crippen molar-refractivity contribution in [2.45, 2.75) is 38.5 Å². The van der Waals surface area contributed by atoms with Gasteiger partial charge in [-0.2, -0.15) is 11.8 Å². The zero-order valence-electron chi connectivity index (χ0n) is 19.9. The number of ether oxygens (including phenoxy) is 2. The molecule has 178 valence electrons. The van der Waals surface area contributed by atoms with Gasteiger partial charge in [0.2, 0.25) is 0 Å². The van der Waals surface area contributed by atoms with E-state index in [1.54, 1.807) is 18.9 Å². The fourth-order valence-electron chi connectivity index (χ4n) is 4.90. The summed E-state index contributed by atoms with van der Waals surface area (Å²) in [6.45, 7) is 4.30. The van der Waals surface area contributed by atoms with Crippen molar-refractivity contribution in [1.82, 2.24) is 5.32 Å². The average Bonchev–Trinajstić information content (AvgIpc) is 2.86. The van der Waals surface area contributed by atoms with Gasteiger partial charge in [0.15, 0.2) is 5.78 Å². The molecule has 34 heavy (non-hydrogen) atoms. The molecule has 0 aromatic heterocycles. The Labute approximate surface area is 205 Å². The molecule has 1 aliphatic heterocycles. The number of para-hydroxylation sites is 1. The number of allylic oxidation sites excluding steroid dienone is 3. The van der Waals surface area contributed by atoms with Gasteiger partial charge in [0.05, 0.1) is 18.6 Å². The molecule has 1 aliphatic carbocycles. The number of Topliss-reactive ketones (excluding diaryl/α,β-unsaturated/α-hetero) is 1. The van der Waals surface area contributed by atoms with E-state index in [0.717, 1.165) is 34.0 Å². The van der Waals surface area contributed by atoms with Gasteiger partial charge in [0.1, 0.15) is 12.4 Å². The van der Waals surface area contributed by atoms with Crippen LogP contribution in [-0.2, 0) is 14.3 Å².